The number of nitrogens with zero attached hydrogens (tertiary/aromatic N) is 2. The highest BCUT2D eigenvalue weighted by atomic mass is 16.5. The molecule has 4 rings (SSSR count). The predicted octanol–water partition coefficient (Wildman–Crippen LogP) is 2.33. The molecule has 0 aliphatic carbocycles. The van der Waals surface area contributed by atoms with Crippen LogP contribution in [0.5, 0.6) is 0 Å². The molecule has 0 aromatic heterocycles. The van der Waals surface area contributed by atoms with E-state index in [1.807, 2.05) is 18.2 Å². The number of carbonyl (C=O) groups is 1. The molecule has 0 saturated carbocycles. The highest BCUT2D eigenvalue weighted by Crippen LogP contribution is 2.34. The fraction of sp³-hybridized carbons (Fsp3) is 0.619. The van der Waals surface area contributed by atoms with E-state index in [0.717, 1.165) is 69.7 Å². The molecule has 2 saturated heterocycles. The SMILES string of the molecule is O=C1CCC(c2ccccc2)=NN1CCNC1CCOC2(CCOCC2)C1. The van der Waals surface area contributed by atoms with Gasteiger partial charge in [-0.3, -0.25) is 4.79 Å². The molecule has 1 unspecified atom stereocenters. The van der Waals surface area contributed by atoms with Gasteiger partial charge in [-0.15, -0.1) is 0 Å². The lowest BCUT2D eigenvalue weighted by molar-refractivity contribution is -0.140. The zero-order valence-corrected chi connectivity index (χ0v) is 15.9. The fourth-order valence-electron chi connectivity index (χ4n) is 4.28. The molecule has 0 bridgehead atoms. The number of amides is 1. The van der Waals surface area contributed by atoms with E-state index >= 15 is 0 Å². The zero-order valence-electron chi connectivity index (χ0n) is 15.9. The molecule has 1 atom stereocenters. The molecule has 6 nitrogen and oxygen atoms in total. The predicted molar refractivity (Wildman–Crippen MR) is 104 cm³/mol. The van der Waals surface area contributed by atoms with Crippen molar-refractivity contribution in [1.82, 2.24) is 10.3 Å². The standard InChI is InChI=1S/C21H29N3O3/c25-20-7-6-19(17-4-2-1-3-5-17)23-24(20)12-11-22-18-8-13-27-21(16-18)9-14-26-15-10-21/h1-5,18,22H,6-16H2. The summed E-state index contributed by atoms with van der Waals surface area (Å²) in [6, 6.07) is 10.6. The van der Waals surface area contributed by atoms with Gasteiger partial charge >= 0.3 is 0 Å². The van der Waals surface area contributed by atoms with Gasteiger partial charge in [0.25, 0.3) is 0 Å². The van der Waals surface area contributed by atoms with Crippen LogP contribution in [-0.4, -0.2) is 61.2 Å². The van der Waals surface area contributed by atoms with Crippen LogP contribution in [-0.2, 0) is 14.3 Å². The normalized spacial score (nSPS) is 25.5. The van der Waals surface area contributed by atoms with Gasteiger partial charge in [-0.05, 0) is 31.2 Å². The summed E-state index contributed by atoms with van der Waals surface area (Å²) in [4.78, 5) is 12.3. The van der Waals surface area contributed by atoms with Gasteiger partial charge in [0, 0.05) is 45.2 Å². The molecular formula is C21H29N3O3. The molecule has 3 aliphatic heterocycles. The lowest BCUT2D eigenvalue weighted by Crippen LogP contribution is -2.50. The number of hydrazone groups is 1. The Morgan fingerprint density at radius 2 is 1.96 bits per heavy atom. The van der Waals surface area contributed by atoms with Crippen LogP contribution in [0.15, 0.2) is 35.4 Å². The third-order valence-corrected chi connectivity index (χ3v) is 5.87. The average Bonchev–Trinajstić information content (AvgIpc) is 2.71. The van der Waals surface area contributed by atoms with Crippen molar-refractivity contribution in [2.75, 3.05) is 32.9 Å². The molecule has 0 radical (unpaired) electrons. The van der Waals surface area contributed by atoms with Gasteiger partial charge in [0.1, 0.15) is 0 Å². The summed E-state index contributed by atoms with van der Waals surface area (Å²) >= 11 is 0. The molecule has 1 amide bonds. The third-order valence-electron chi connectivity index (χ3n) is 5.87. The summed E-state index contributed by atoms with van der Waals surface area (Å²) in [7, 11) is 0. The van der Waals surface area contributed by atoms with Gasteiger partial charge in [-0.2, -0.15) is 5.10 Å². The molecule has 27 heavy (non-hydrogen) atoms. The van der Waals surface area contributed by atoms with Crippen LogP contribution in [0.25, 0.3) is 0 Å². The van der Waals surface area contributed by atoms with Gasteiger partial charge in [0.15, 0.2) is 0 Å². The monoisotopic (exact) mass is 371 g/mol. The first kappa shape index (κ1) is 18.6. The Morgan fingerprint density at radius 3 is 2.78 bits per heavy atom. The van der Waals surface area contributed by atoms with Crippen molar-refractivity contribution in [1.29, 1.82) is 0 Å². The highest BCUT2D eigenvalue weighted by Gasteiger charge is 2.38. The minimum atomic E-state index is -0.00621. The van der Waals surface area contributed by atoms with Crippen molar-refractivity contribution in [2.24, 2.45) is 5.10 Å². The number of ether oxygens (including phenoxy) is 2. The fourth-order valence-corrected chi connectivity index (χ4v) is 4.28. The van der Waals surface area contributed by atoms with Crippen LogP contribution < -0.4 is 5.32 Å². The topological polar surface area (TPSA) is 63.2 Å². The molecule has 1 aromatic carbocycles. The van der Waals surface area contributed by atoms with E-state index in [1.165, 1.54) is 0 Å². The Kier molecular flexibility index (Phi) is 5.86. The quantitative estimate of drug-likeness (QED) is 0.863. The lowest BCUT2D eigenvalue weighted by atomic mass is 9.84. The van der Waals surface area contributed by atoms with E-state index in [0.29, 0.717) is 19.0 Å². The summed E-state index contributed by atoms with van der Waals surface area (Å²) in [5, 5.41) is 9.89. The maximum atomic E-state index is 12.3. The Hall–Kier alpha value is -1.76. The highest BCUT2D eigenvalue weighted by molar-refractivity contribution is 6.04. The van der Waals surface area contributed by atoms with Crippen molar-refractivity contribution < 1.29 is 14.3 Å². The number of nitrogens with one attached hydrogen (secondary N) is 1. The third kappa shape index (κ3) is 4.57. The van der Waals surface area contributed by atoms with Crippen LogP contribution in [0.2, 0.25) is 0 Å². The van der Waals surface area contributed by atoms with E-state index in [-0.39, 0.29) is 11.5 Å². The van der Waals surface area contributed by atoms with Crippen LogP contribution in [0, 0.1) is 0 Å². The van der Waals surface area contributed by atoms with Gasteiger partial charge in [-0.25, -0.2) is 5.01 Å². The van der Waals surface area contributed by atoms with Crippen LogP contribution in [0.3, 0.4) is 0 Å². The Balaban J connectivity index is 1.30. The number of hydrogen-bond acceptors (Lipinski definition) is 5. The van der Waals surface area contributed by atoms with Crippen molar-refractivity contribution in [3.05, 3.63) is 35.9 Å². The molecular weight excluding hydrogens is 342 g/mol. The molecule has 1 aromatic rings. The van der Waals surface area contributed by atoms with E-state index in [2.05, 4.69) is 22.6 Å². The summed E-state index contributed by atoms with van der Waals surface area (Å²) in [6.45, 7) is 3.77. The first-order valence-corrected chi connectivity index (χ1v) is 10.1. The van der Waals surface area contributed by atoms with Crippen molar-refractivity contribution >= 4 is 11.6 Å². The maximum absolute atomic E-state index is 12.3. The number of carbonyl (C=O) groups excluding carboxylic acids is 1. The molecule has 2 fully saturated rings. The van der Waals surface area contributed by atoms with Crippen LogP contribution >= 0.6 is 0 Å². The summed E-state index contributed by atoms with van der Waals surface area (Å²) in [5.74, 6) is 0.115. The molecule has 3 heterocycles. The molecule has 1 N–H and O–H groups in total. The van der Waals surface area contributed by atoms with Crippen molar-refractivity contribution in [2.45, 2.75) is 50.2 Å². The number of benzene rings is 1. The summed E-state index contributed by atoms with van der Waals surface area (Å²) < 4.78 is 11.6. The van der Waals surface area contributed by atoms with Crippen molar-refractivity contribution in [3.8, 4) is 0 Å². The minimum Gasteiger partial charge on any atom is -0.381 e. The summed E-state index contributed by atoms with van der Waals surface area (Å²) in [6.07, 6.45) is 5.28. The minimum absolute atomic E-state index is 0.00621. The van der Waals surface area contributed by atoms with Crippen molar-refractivity contribution in [3.63, 3.8) is 0 Å². The molecule has 6 heteroatoms. The second-order valence-corrected chi connectivity index (χ2v) is 7.72. The van der Waals surface area contributed by atoms with Gasteiger partial charge < -0.3 is 14.8 Å². The molecule has 3 aliphatic rings. The Labute approximate surface area is 160 Å². The molecule has 1 spiro atoms. The van der Waals surface area contributed by atoms with Crippen LogP contribution in [0.4, 0.5) is 0 Å². The smallest absolute Gasteiger partial charge is 0.243 e. The second-order valence-electron chi connectivity index (χ2n) is 7.72. The van der Waals surface area contributed by atoms with Gasteiger partial charge in [-0.1, -0.05) is 30.3 Å². The number of rotatable bonds is 5. The first-order chi connectivity index (χ1) is 13.2. The first-order valence-electron chi connectivity index (χ1n) is 10.1. The largest absolute Gasteiger partial charge is 0.381 e. The number of hydrogen-bond donors (Lipinski definition) is 1. The maximum Gasteiger partial charge on any atom is 0.243 e. The Morgan fingerprint density at radius 1 is 1.15 bits per heavy atom. The van der Waals surface area contributed by atoms with Gasteiger partial charge in [0.05, 0.1) is 17.9 Å². The lowest BCUT2D eigenvalue weighted by Gasteiger charge is -2.43. The van der Waals surface area contributed by atoms with Crippen LogP contribution in [0.1, 0.15) is 44.1 Å². The zero-order chi connectivity index (χ0) is 18.5. The average molecular weight is 371 g/mol. The summed E-state index contributed by atoms with van der Waals surface area (Å²) in [5.41, 5.74) is 2.10. The van der Waals surface area contributed by atoms with E-state index in [4.69, 9.17) is 9.47 Å². The van der Waals surface area contributed by atoms with E-state index < -0.39 is 0 Å². The Bertz CT molecular complexity index is 665. The van der Waals surface area contributed by atoms with Gasteiger partial charge in [0.2, 0.25) is 5.91 Å². The van der Waals surface area contributed by atoms with E-state index in [9.17, 15) is 4.79 Å². The molecule has 146 valence electrons. The van der Waals surface area contributed by atoms with E-state index in [1.54, 1.807) is 5.01 Å². The second kappa shape index (κ2) is 8.50.